The number of nitrogens with zero attached hydrogens (tertiary/aromatic N) is 1. The minimum atomic E-state index is -3.63. The van der Waals surface area contributed by atoms with Gasteiger partial charge in [0.1, 0.15) is 4.21 Å². The number of hydrogen-bond donors (Lipinski definition) is 1. The minimum absolute atomic E-state index is 0.247. The molecule has 0 radical (unpaired) electrons. The lowest BCUT2D eigenvalue weighted by Crippen LogP contribution is -2.12. The summed E-state index contributed by atoms with van der Waals surface area (Å²) in [6.45, 7) is 5.76. The van der Waals surface area contributed by atoms with E-state index < -0.39 is 10.0 Å². The first-order valence-electron chi connectivity index (χ1n) is 7.56. The van der Waals surface area contributed by atoms with Crippen molar-refractivity contribution in [1.29, 1.82) is 0 Å². The minimum Gasteiger partial charge on any atom is -0.355 e. The number of rotatable bonds is 5. The second-order valence-electron chi connectivity index (χ2n) is 5.46. The van der Waals surface area contributed by atoms with Crippen LogP contribution < -0.4 is 4.72 Å². The van der Waals surface area contributed by atoms with Gasteiger partial charge >= 0.3 is 0 Å². The molecule has 5 nitrogen and oxygen atoms in total. The zero-order valence-corrected chi connectivity index (χ0v) is 15.3. The largest absolute Gasteiger partial charge is 0.355 e. The second kappa shape index (κ2) is 6.41. The number of benzene rings is 1. The quantitative estimate of drug-likeness (QED) is 0.731. The first-order valence-corrected chi connectivity index (χ1v) is 9.86. The number of aromatic nitrogens is 1. The highest BCUT2D eigenvalue weighted by Gasteiger charge is 2.21. The van der Waals surface area contributed by atoms with E-state index in [0.29, 0.717) is 11.4 Å². The van der Waals surface area contributed by atoms with Crippen LogP contribution in [0, 0.1) is 13.8 Å². The van der Waals surface area contributed by atoms with Gasteiger partial charge in [0.15, 0.2) is 5.76 Å². The maximum atomic E-state index is 12.7. The monoisotopic (exact) mass is 362 g/mol. The first-order chi connectivity index (χ1) is 11.4. The Morgan fingerprint density at radius 3 is 2.58 bits per heavy atom. The van der Waals surface area contributed by atoms with Crippen LogP contribution in [0.4, 0.5) is 5.69 Å². The van der Waals surface area contributed by atoms with E-state index in [9.17, 15) is 8.42 Å². The highest BCUT2D eigenvalue weighted by atomic mass is 32.2. The van der Waals surface area contributed by atoms with Gasteiger partial charge in [-0.15, -0.1) is 11.3 Å². The number of para-hydroxylation sites is 1. The summed E-state index contributed by atoms with van der Waals surface area (Å²) in [5.41, 5.74) is 3.30. The van der Waals surface area contributed by atoms with E-state index in [1.54, 1.807) is 18.2 Å². The predicted octanol–water partition coefficient (Wildman–Crippen LogP) is 4.38. The molecule has 2 heterocycles. The molecule has 1 N–H and O–H groups in total. The first kappa shape index (κ1) is 16.7. The molecule has 0 aliphatic carbocycles. The molecule has 1 aromatic carbocycles. The molecule has 7 heteroatoms. The van der Waals surface area contributed by atoms with Crippen molar-refractivity contribution in [1.82, 2.24) is 5.16 Å². The van der Waals surface area contributed by atoms with Crippen molar-refractivity contribution in [2.75, 3.05) is 4.72 Å². The van der Waals surface area contributed by atoms with Crippen molar-refractivity contribution in [3.8, 4) is 10.6 Å². The lowest BCUT2D eigenvalue weighted by Gasteiger charge is -2.10. The highest BCUT2D eigenvalue weighted by molar-refractivity contribution is 7.94. The Bertz CT molecular complexity index is 971. The predicted molar refractivity (Wildman–Crippen MR) is 95.9 cm³/mol. The summed E-state index contributed by atoms with van der Waals surface area (Å²) in [7, 11) is -3.63. The van der Waals surface area contributed by atoms with Crippen LogP contribution in [0.1, 0.15) is 23.7 Å². The van der Waals surface area contributed by atoms with Crippen molar-refractivity contribution in [3.63, 3.8) is 0 Å². The normalized spacial score (nSPS) is 11.6. The van der Waals surface area contributed by atoms with Crippen LogP contribution in [0.25, 0.3) is 10.6 Å². The summed E-state index contributed by atoms with van der Waals surface area (Å²) in [6.07, 6.45) is 0.755. The molecule has 0 saturated carbocycles. The zero-order chi connectivity index (χ0) is 17.3. The Balaban J connectivity index is 1.92. The smallest absolute Gasteiger partial charge is 0.271 e. The van der Waals surface area contributed by atoms with Gasteiger partial charge in [-0.2, -0.15) is 0 Å². The number of nitrogens with one attached hydrogen (secondary N) is 1. The zero-order valence-electron chi connectivity index (χ0n) is 13.7. The molecule has 0 fully saturated rings. The highest BCUT2D eigenvalue weighted by Crippen LogP contribution is 2.34. The molecule has 0 bridgehead atoms. The van der Waals surface area contributed by atoms with E-state index in [1.807, 2.05) is 39.0 Å². The Morgan fingerprint density at radius 2 is 1.92 bits per heavy atom. The van der Waals surface area contributed by atoms with Gasteiger partial charge in [-0.05, 0) is 44.0 Å². The average molecular weight is 362 g/mol. The number of aryl methyl sites for hydroxylation is 2. The van der Waals surface area contributed by atoms with E-state index in [4.69, 9.17) is 4.52 Å². The molecule has 0 unspecified atom stereocenters. The van der Waals surface area contributed by atoms with Gasteiger partial charge in [-0.25, -0.2) is 8.42 Å². The maximum Gasteiger partial charge on any atom is 0.271 e. The van der Waals surface area contributed by atoms with Crippen LogP contribution in [0.2, 0.25) is 0 Å². The van der Waals surface area contributed by atoms with Gasteiger partial charge in [0.2, 0.25) is 0 Å². The van der Waals surface area contributed by atoms with E-state index >= 15 is 0 Å². The molecule has 0 atom stereocenters. The number of anilines is 1. The Morgan fingerprint density at radius 1 is 1.17 bits per heavy atom. The fourth-order valence-corrected chi connectivity index (χ4v) is 4.80. The summed E-state index contributed by atoms with van der Waals surface area (Å²) in [6, 6.07) is 10.7. The SMILES string of the molecule is CCc1ccccc1NS(=O)(=O)c1ccc(-c2onc(C)c2C)s1. The van der Waals surface area contributed by atoms with Gasteiger partial charge in [0.05, 0.1) is 16.3 Å². The van der Waals surface area contributed by atoms with Gasteiger partial charge in [-0.1, -0.05) is 30.3 Å². The summed E-state index contributed by atoms with van der Waals surface area (Å²) in [4.78, 5) is 0.747. The van der Waals surface area contributed by atoms with Crippen molar-refractivity contribution in [3.05, 3.63) is 53.2 Å². The van der Waals surface area contributed by atoms with Gasteiger partial charge in [0, 0.05) is 5.56 Å². The molecule has 0 aliphatic heterocycles. The summed E-state index contributed by atoms with van der Waals surface area (Å²) in [5, 5.41) is 3.92. The van der Waals surface area contributed by atoms with Crippen LogP contribution in [-0.2, 0) is 16.4 Å². The molecule has 3 aromatic rings. The van der Waals surface area contributed by atoms with E-state index in [1.165, 1.54) is 11.3 Å². The molecular weight excluding hydrogens is 344 g/mol. The van der Waals surface area contributed by atoms with Crippen LogP contribution in [0.15, 0.2) is 45.1 Å². The Labute approximate surface area is 145 Å². The lowest BCUT2D eigenvalue weighted by atomic mass is 10.1. The maximum absolute atomic E-state index is 12.7. The Kier molecular flexibility index (Phi) is 4.47. The molecule has 0 saturated heterocycles. The van der Waals surface area contributed by atoms with Gasteiger partial charge < -0.3 is 4.52 Å². The van der Waals surface area contributed by atoms with Crippen LogP contribution in [-0.4, -0.2) is 13.6 Å². The molecule has 126 valence electrons. The Hall–Kier alpha value is -2.12. The second-order valence-corrected chi connectivity index (χ2v) is 8.45. The fraction of sp³-hybridized carbons (Fsp3) is 0.235. The molecule has 0 spiro atoms. The molecule has 0 aliphatic rings. The summed E-state index contributed by atoms with van der Waals surface area (Å²) >= 11 is 1.17. The van der Waals surface area contributed by atoms with E-state index in [-0.39, 0.29) is 4.21 Å². The fourth-order valence-electron chi connectivity index (χ4n) is 2.35. The number of hydrogen-bond acceptors (Lipinski definition) is 5. The average Bonchev–Trinajstić information content (AvgIpc) is 3.16. The molecule has 3 rings (SSSR count). The van der Waals surface area contributed by atoms with Crippen molar-refractivity contribution < 1.29 is 12.9 Å². The van der Waals surface area contributed by atoms with Crippen LogP contribution >= 0.6 is 11.3 Å². The summed E-state index contributed by atoms with van der Waals surface area (Å²) < 4.78 is 33.5. The molecular formula is C17H18N2O3S2. The molecule has 0 amide bonds. The van der Waals surface area contributed by atoms with E-state index in [0.717, 1.165) is 28.1 Å². The molecule has 24 heavy (non-hydrogen) atoms. The third-order valence-electron chi connectivity index (χ3n) is 3.87. The number of thiophene rings is 1. The third kappa shape index (κ3) is 3.09. The van der Waals surface area contributed by atoms with E-state index in [2.05, 4.69) is 9.88 Å². The van der Waals surface area contributed by atoms with Gasteiger partial charge in [-0.3, -0.25) is 4.72 Å². The lowest BCUT2D eigenvalue weighted by molar-refractivity contribution is 0.427. The van der Waals surface area contributed by atoms with Crippen LogP contribution in [0.5, 0.6) is 0 Å². The van der Waals surface area contributed by atoms with Crippen molar-refractivity contribution in [2.45, 2.75) is 31.4 Å². The van der Waals surface area contributed by atoms with Crippen LogP contribution in [0.3, 0.4) is 0 Å². The van der Waals surface area contributed by atoms with Gasteiger partial charge in [0.25, 0.3) is 10.0 Å². The third-order valence-corrected chi connectivity index (χ3v) is 6.81. The van der Waals surface area contributed by atoms with Crippen molar-refractivity contribution >= 4 is 27.0 Å². The van der Waals surface area contributed by atoms with Crippen molar-refractivity contribution in [2.24, 2.45) is 0 Å². The topological polar surface area (TPSA) is 72.2 Å². The number of sulfonamides is 1. The standard InChI is InChI=1S/C17H18N2O3S2/c1-4-13-7-5-6-8-14(13)19-24(20,21)16-10-9-15(23-16)17-11(2)12(3)18-22-17/h5-10,19H,4H2,1-3H3. The molecule has 2 aromatic heterocycles. The summed E-state index contributed by atoms with van der Waals surface area (Å²) in [5.74, 6) is 0.618.